The Balaban J connectivity index is 1.40. The van der Waals surface area contributed by atoms with Gasteiger partial charge in [0.1, 0.15) is 11.6 Å². The lowest BCUT2D eigenvalue weighted by Gasteiger charge is -2.13. The first-order valence-corrected chi connectivity index (χ1v) is 8.32. The molecule has 1 atom stereocenters. The molecule has 2 aromatic rings. The fourth-order valence-electron chi connectivity index (χ4n) is 2.82. The average molecular weight is 344 g/mol. The van der Waals surface area contributed by atoms with Gasteiger partial charge >= 0.3 is 6.03 Å². The van der Waals surface area contributed by atoms with Gasteiger partial charge in [-0.15, -0.1) is 0 Å². The Bertz CT molecular complexity index is 751. The molecule has 0 aliphatic carbocycles. The van der Waals surface area contributed by atoms with Crippen LogP contribution in [0.3, 0.4) is 0 Å². The van der Waals surface area contributed by atoms with E-state index >= 15 is 0 Å². The zero-order valence-electron chi connectivity index (χ0n) is 13.8. The lowest BCUT2D eigenvalue weighted by atomic mass is 10.1. The highest BCUT2D eigenvalue weighted by Gasteiger charge is 2.14. The summed E-state index contributed by atoms with van der Waals surface area (Å²) >= 11 is 0. The topological polar surface area (TPSA) is 70.6 Å². The first-order valence-electron chi connectivity index (χ1n) is 8.32. The molecular formula is C19H21FN2O3. The minimum Gasteiger partial charge on any atom is -0.493 e. The Hall–Kier alpha value is -2.60. The normalized spacial score (nSPS) is 13.7. The summed E-state index contributed by atoms with van der Waals surface area (Å²) < 4.78 is 19.0. The number of benzene rings is 2. The van der Waals surface area contributed by atoms with Gasteiger partial charge in [0.05, 0.1) is 12.7 Å². The molecule has 2 aromatic carbocycles. The van der Waals surface area contributed by atoms with E-state index in [0.717, 1.165) is 24.3 Å². The Morgan fingerprint density at radius 2 is 2.08 bits per heavy atom. The van der Waals surface area contributed by atoms with Gasteiger partial charge in [-0.25, -0.2) is 9.18 Å². The quantitative estimate of drug-likeness (QED) is 0.753. The molecule has 0 radical (unpaired) electrons. The number of carbonyl (C=O) groups excluding carboxylic acids is 1. The molecule has 1 aliphatic rings. The maximum absolute atomic E-state index is 13.6. The summed E-state index contributed by atoms with van der Waals surface area (Å²) in [4.78, 5) is 11.8. The molecule has 3 rings (SSSR count). The molecule has 0 saturated carbocycles. The summed E-state index contributed by atoms with van der Waals surface area (Å²) in [6, 6.07) is 11.6. The zero-order valence-corrected chi connectivity index (χ0v) is 13.8. The highest BCUT2D eigenvalue weighted by atomic mass is 19.1. The van der Waals surface area contributed by atoms with Crippen LogP contribution < -0.4 is 15.4 Å². The fraction of sp³-hybridized carbons (Fsp3) is 0.316. The van der Waals surface area contributed by atoms with Crippen molar-refractivity contribution >= 4 is 6.03 Å². The van der Waals surface area contributed by atoms with E-state index in [9.17, 15) is 14.3 Å². The van der Waals surface area contributed by atoms with Crippen molar-refractivity contribution in [3.63, 3.8) is 0 Å². The minimum absolute atomic E-state index is 0.0526. The van der Waals surface area contributed by atoms with E-state index in [1.807, 2.05) is 12.1 Å². The maximum Gasteiger partial charge on any atom is 0.314 e. The monoisotopic (exact) mass is 344 g/mol. The highest BCUT2D eigenvalue weighted by Crippen LogP contribution is 2.25. The van der Waals surface area contributed by atoms with Gasteiger partial charge in [-0.1, -0.05) is 30.3 Å². The van der Waals surface area contributed by atoms with E-state index in [-0.39, 0.29) is 18.1 Å². The van der Waals surface area contributed by atoms with Crippen LogP contribution in [-0.2, 0) is 12.8 Å². The maximum atomic E-state index is 13.6. The molecule has 0 aromatic heterocycles. The van der Waals surface area contributed by atoms with Crippen LogP contribution in [0, 0.1) is 5.82 Å². The van der Waals surface area contributed by atoms with E-state index in [2.05, 4.69) is 16.7 Å². The first kappa shape index (κ1) is 17.2. The van der Waals surface area contributed by atoms with Gasteiger partial charge in [-0.3, -0.25) is 0 Å². The molecule has 0 fully saturated rings. The second kappa shape index (κ2) is 7.98. The van der Waals surface area contributed by atoms with E-state index < -0.39 is 11.9 Å². The number of aliphatic hydroxyl groups is 1. The Morgan fingerprint density at radius 1 is 1.24 bits per heavy atom. The number of rotatable bonds is 6. The van der Waals surface area contributed by atoms with Gasteiger partial charge in [-0.05, 0) is 29.7 Å². The third kappa shape index (κ3) is 4.48. The van der Waals surface area contributed by atoms with E-state index in [1.165, 1.54) is 17.7 Å². The fourth-order valence-corrected chi connectivity index (χ4v) is 2.82. The van der Waals surface area contributed by atoms with E-state index in [0.29, 0.717) is 13.0 Å². The predicted molar refractivity (Wildman–Crippen MR) is 92.1 cm³/mol. The molecule has 25 heavy (non-hydrogen) atoms. The number of carbonyl (C=O) groups is 1. The van der Waals surface area contributed by atoms with Gasteiger partial charge < -0.3 is 20.5 Å². The molecule has 1 heterocycles. The van der Waals surface area contributed by atoms with Gasteiger partial charge in [-0.2, -0.15) is 0 Å². The number of halogens is 1. The number of aliphatic hydroxyl groups excluding tert-OH is 1. The summed E-state index contributed by atoms with van der Waals surface area (Å²) in [5, 5.41) is 15.2. The number of nitrogens with one attached hydrogen (secondary N) is 2. The number of urea groups is 1. The van der Waals surface area contributed by atoms with Crippen LogP contribution in [0.5, 0.6) is 5.75 Å². The van der Waals surface area contributed by atoms with Crippen LogP contribution in [0.25, 0.3) is 0 Å². The summed E-state index contributed by atoms with van der Waals surface area (Å²) in [5.41, 5.74) is 2.51. The lowest BCUT2D eigenvalue weighted by molar-refractivity contribution is 0.169. The van der Waals surface area contributed by atoms with Crippen LogP contribution in [0.1, 0.15) is 22.8 Å². The van der Waals surface area contributed by atoms with Gasteiger partial charge in [0, 0.05) is 25.1 Å². The van der Waals surface area contributed by atoms with Crippen LogP contribution >= 0.6 is 0 Å². The summed E-state index contributed by atoms with van der Waals surface area (Å²) in [6.07, 6.45) is 0.547. The van der Waals surface area contributed by atoms with Crippen molar-refractivity contribution in [1.82, 2.24) is 10.6 Å². The summed E-state index contributed by atoms with van der Waals surface area (Å²) in [5.74, 6) is 0.453. The molecule has 0 bridgehead atoms. The van der Waals surface area contributed by atoms with Crippen molar-refractivity contribution in [1.29, 1.82) is 0 Å². The average Bonchev–Trinajstić information content (AvgIpc) is 3.08. The largest absolute Gasteiger partial charge is 0.493 e. The predicted octanol–water partition coefficient (Wildman–Crippen LogP) is 2.34. The molecule has 132 valence electrons. The third-order valence-electron chi connectivity index (χ3n) is 4.17. The Morgan fingerprint density at radius 3 is 2.92 bits per heavy atom. The molecule has 2 amide bonds. The molecule has 6 heteroatoms. The second-order valence-corrected chi connectivity index (χ2v) is 5.96. The Kier molecular flexibility index (Phi) is 5.50. The Labute approximate surface area is 145 Å². The third-order valence-corrected chi connectivity index (χ3v) is 4.17. The van der Waals surface area contributed by atoms with Crippen LogP contribution in [0.4, 0.5) is 9.18 Å². The van der Waals surface area contributed by atoms with Crippen molar-refractivity contribution in [3.8, 4) is 5.75 Å². The standard InChI is InChI=1S/C19H21FN2O3/c20-16-4-2-1-3-15(16)17(23)12-22-19(24)21-9-7-13-5-6-18-14(11-13)8-10-25-18/h1-6,11,17,23H,7-10,12H2,(H2,21,22,24). The minimum atomic E-state index is -1.08. The van der Waals surface area contributed by atoms with Gasteiger partial charge in [0.25, 0.3) is 0 Å². The molecule has 3 N–H and O–H groups in total. The summed E-state index contributed by atoms with van der Waals surface area (Å²) in [6.45, 7) is 1.15. The molecule has 0 spiro atoms. The summed E-state index contributed by atoms with van der Waals surface area (Å²) in [7, 11) is 0. The van der Waals surface area contributed by atoms with Crippen molar-refractivity contribution < 1.29 is 19.0 Å². The number of hydrogen-bond donors (Lipinski definition) is 3. The number of amides is 2. The zero-order chi connectivity index (χ0) is 17.6. The first-order chi connectivity index (χ1) is 12.1. The van der Waals surface area contributed by atoms with Crippen molar-refractivity contribution in [2.75, 3.05) is 19.7 Å². The highest BCUT2D eigenvalue weighted by molar-refractivity contribution is 5.73. The molecular weight excluding hydrogens is 323 g/mol. The molecule has 5 nitrogen and oxygen atoms in total. The van der Waals surface area contributed by atoms with Crippen LogP contribution in [-0.4, -0.2) is 30.8 Å². The van der Waals surface area contributed by atoms with Gasteiger partial charge in [0.2, 0.25) is 0 Å². The van der Waals surface area contributed by atoms with Crippen LogP contribution in [0.2, 0.25) is 0 Å². The van der Waals surface area contributed by atoms with Crippen molar-refractivity contribution in [2.24, 2.45) is 0 Å². The van der Waals surface area contributed by atoms with E-state index in [1.54, 1.807) is 12.1 Å². The number of hydrogen-bond acceptors (Lipinski definition) is 3. The smallest absolute Gasteiger partial charge is 0.314 e. The number of fused-ring (bicyclic) bond motifs is 1. The second-order valence-electron chi connectivity index (χ2n) is 5.96. The molecule has 1 unspecified atom stereocenters. The molecule has 0 saturated heterocycles. The van der Waals surface area contributed by atoms with Gasteiger partial charge in [0.15, 0.2) is 0 Å². The van der Waals surface area contributed by atoms with Crippen molar-refractivity contribution in [3.05, 3.63) is 65.0 Å². The molecule has 1 aliphatic heterocycles. The lowest BCUT2D eigenvalue weighted by Crippen LogP contribution is -2.38. The van der Waals surface area contributed by atoms with Crippen LogP contribution in [0.15, 0.2) is 42.5 Å². The SMILES string of the molecule is O=C(NCCc1ccc2c(c1)CCO2)NCC(O)c1ccccc1F. The van der Waals surface area contributed by atoms with E-state index in [4.69, 9.17) is 4.74 Å². The van der Waals surface area contributed by atoms with Crippen molar-refractivity contribution in [2.45, 2.75) is 18.9 Å². The number of ether oxygens (including phenoxy) is 1.